The fourth-order valence-electron chi connectivity index (χ4n) is 2.65. The van der Waals surface area contributed by atoms with Crippen LogP contribution in [0.25, 0.3) is 10.8 Å². The summed E-state index contributed by atoms with van der Waals surface area (Å²) in [5.41, 5.74) is -0.331. The molecule has 2 N–H and O–H groups in total. The quantitative estimate of drug-likeness (QED) is 0.755. The van der Waals surface area contributed by atoms with E-state index in [2.05, 4.69) is 10.4 Å². The van der Waals surface area contributed by atoms with E-state index in [-0.39, 0.29) is 17.8 Å². The maximum Gasteiger partial charge on any atom is 0.274 e. The van der Waals surface area contributed by atoms with E-state index < -0.39 is 23.4 Å². The number of aliphatic hydroxyl groups excluding tert-OH is 1. The number of fused-ring (bicyclic) bond motifs is 1. The molecule has 0 aliphatic heterocycles. The zero-order chi connectivity index (χ0) is 18.0. The number of aliphatic hydroxyl groups is 1. The second kappa shape index (κ2) is 6.82. The van der Waals surface area contributed by atoms with Crippen molar-refractivity contribution >= 4 is 16.7 Å². The van der Waals surface area contributed by atoms with Crippen LogP contribution < -0.4 is 10.9 Å². The Morgan fingerprint density at radius 2 is 1.84 bits per heavy atom. The van der Waals surface area contributed by atoms with E-state index in [1.807, 2.05) is 0 Å². The summed E-state index contributed by atoms with van der Waals surface area (Å²) in [5.74, 6) is -1.03. The first-order chi connectivity index (χ1) is 12.0. The summed E-state index contributed by atoms with van der Waals surface area (Å²) in [4.78, 5) is 24.7. The van der Waals surface area contributed by atoms with Gasteiger partial charge >= 0.3 is 0 Å². The Morgan fingerprint density at radius 3 is 2.52 bits per heavy atom. The fourth-order valence-corrected chi connectivity index (χ4v) is 2.65. The summed E-state index contributed by atoms with van der Waals surface area (Å²) in [5, 5.41) is 17.6. The van der Waals surface area contributed by atoms with Gasteiger partial charge in [0.1, 0.15) is 11.9 Å². The van der Waals surface area contributed by atoms with Gasteiger partial charge in [-0.1, -0.05) is 36.4 Å². The van der Waals surface area contributed by atoms with E-state index in [1.165, 1.54) is 25.2 Å². The van der Waals surface area contributed by atoms with Crippen molar-refractivity contribution in [3.63, 3.8) is 0 Å². The van der Waals surface area contributed by atoms with Crippen LogP contribution in [0.2, 0.25) is 0 Å². The topological polar surface area (TPSA) is 84.2 Å². The number of benzene rings is 2. The molecule has 1 aromatic heterocycles. The van der Waals surface area contributed by atoms with Crippen molar-refractivity contribution in [3.8, 4) is 0 Å². The van der Waals surface area contributed by atoms with Crippen LogP contribution in [-0.4, -0.2) is 27.8 Å². The normalized spacial score (nSPS) is 12.1. The molecule has 1 heterocycles. The molecule has 0 saturated heterocycles. The highest BCUT2D eigenvalue weighted by Crippen LogP contribution is 2.19. The SMILES string of the molecule is CNC(=O)c1nn(CC(O)c2ccccc2F)c(=O)c2ccccc12. The summed E-state index contributed by atoms with van der Waals surface area (Å²) in [6.45, 7) is -0.269. The van der Waals surface area contributed by atoms with Gasteiger partial charge < -0.3 is 10.4 Å². The maximum atomic E-state index is 13.8. The summed E-state index contributed by atoms with van der Waals surface area (Å²) in [7, 11) is 1.46. The summed E-state index contributed by atoms with van der Waals surface area (Å²) < 4.78 is 14.8. The van der Waals surface area contributed by atoms with Crippen LogP contribution >= 0.6 is 0 Å². The molecule has 3 aromatic rings. The van der Waals surface area contributed by atoms with Crippen molar-refractivity contribution in [2.24, 2.45) is 0 Å². The van der Waals surface area contributed by atoms with Gasteiger partial charge in [-0.25, -0.2) is 9.07 Å². The average Bonchev–Trinajstić information content (AvgIpc) is 2.63. The van der Waals surface area contributed by atoms with Crippen LogP contribution in [0.4, 0.5) is 4.39 Å². The molecule has 0 saturated carbocycles. The van der Waals surface area contributed by atoms with E-state index in [4.69, 9.17) is 0 Å². The maximum absolute atomic E-state index is 13.8. The van der Waals surface area contributed by atoms with Crippen molar-refractivity contribution in [1.29, 1.82) is 0 Å². The standard InChI is InChI=1S/C18H16FN3O3/c1-20-17(24)16-11-6-2-3-7-12(11)18(25)22(21-16)10-15(23)13-8-4-5-9-14(13)19/h2-9,15,23H,10H2,1H3,(H,20,24). The number of rotatable bonds is 4. The Kier molecular flexibility index (Phi) is 4.58. The van der Waals surface area contributed by atoms with E-state index in [9.17, 15) is 19.1 Å². The molecule has 0 radical (unpaired) electrons. The number of carbonyl (C=O) groups excluding carboxylic acids is 1. The van der Waals surface area contributed by atoms with E-state index in [0.29, 0.717) is 10.8 Å². The van der Waals surface area contributed by atoms with Crippen LogP contribution in [0.15, 0.2) is 53.3 Å². The molecular formula is C18H16FN3O3. The Morgan fingerprint density at radius 1 is 1.20 bits per heavy atom. The minimum atomic E-state index is -1.27. The van der Waals surface area contributed by atoms with E-state index in [0.717, 1.165) is 4.68 Å². The van der Waals surface area contributed by atoms with E-state index >= 15 is 0 Å². The first-order valence-electron chi connectivity index (χ1n) is 7.67. The smallest absolute Gasteiger partial charge is 0.274 e. The van der Waals surface area contributed by atoms with Crippen LogP contribution in [0.3, 0.4) is 0 Å². The third-order valence-electron chi connectivity index (χ3n) is 3.92. The lowest BCUT2D eigenvalue weighted by Gasteiger charge is -2.15. The third kappa shape index (κ3) is 3.14. The van der Waals surface area contributed by atoms with Crippen molar-refractivity contribution in [3.05, 3.63) is 76.0 Å². The number of halogens is 1. The molecule has 1 unspecified atom stereocenters. The van der Waals surface area contributed by atoms with Crippen molar-refractivity contribution in [2.45, 2.75) is 12.6 Å². The molecule has 1 amide bonds. The third-order valence-corrected chi connectivity index (χ3v) is 3.92. The van der Waals surface area contributed by atoms with Gasteiger partial charge in [0.25, 0.3) is 11.5 Å². The van der Waals surface area contributed by atoms with Gasteiger partial charge in [-0.15, -0.1) is 0 Å². The number of nitrogens with zero attached hydrogens (tertiary/aromatic N) is 2. The molecule has 2 aromatic carbocycles. The summed E-state index contributed by atoms with van der Waals surface area (Å²) >= 11 is 0. The van der Waals surface area contributed by atoms with Gasteiger partial charge in [0, 0.05) is 18.0 Å². The first kappa shape index (κ1) is 16.8. The van der Waals surface area contributed by atoms with Gasteiger partial charge in [0.05, 0.1) is 11.9 Å². The molecule has 0 aliphatic rings. The summed E-state index contributed by atoms with van der Waals surface area (Å²) in [6.07, 6.45) is -1.27. The van der Waals surface area contributed by atoms with Gasteiger partial charge in [-0.2, -0.15) is 5.10 Å². The van der Waals surface area contributed by atoms with Crippen molar-refractivity contribution in [2.75, 3.05) is 7.05 Å². The fraction of sp³-hybridized carbons (Fsp3) is 0.167. The Labute approximate surface area is 142 Å². The van der Waals surface area contributed by atoms with Crippen LogP contribution in [0, 0.1) is 5.82 Å². The highest BCUT2D eigenvalue weighted by Gasteiger charge is 2.19. The second-order valence-corrected chi connectivity index (χ2v) is 5.50. The molecule has 25 heavy (non-hydrogen) atoms. The first-order valence-corrected chi connectivity index (χ1v) is 7.67. The number of aromatic nitrogens is 2. The highest BCUT2D eigenvalue weighted by molar-refractivity contribution is 6.04. The molecule has 3 rings (SSSR count). The predicted octanol–water partition coefficient (Wildman–Crippen LogP) is 1.63. The Bertz CT molecular complexity index is 1000. The number of hydrogen-bond donors (Lipinski definition) is 2. The molecule has 0 bridgehead atoms. The molecule has 1 atom stereocenters. The monoisotopic (exact) mass is 341 g/mol. The largest absolute Gasteiger partial charge is 0.386 e. The molecule has 7 heteroatoms. The average molecular weight is 341 g/mol. The van der Waals surface area contributed by atoms with Gasteiger partial charge in [-0.3, -0.25) is 9.59 Å². The zero-order valence-corrected chi connectivity index (χ0v) is 13.4. The number of nitrogens with one attached hydrogen (secondary N) is 1. The van der Waals surface area contributed by atoms with Crippen LogP contribution in [0.5, 0.6) is 0 Å². The highest BCUT2D eigenvalue weighted by atomic mass is 19.1. The van der Waals surface area contributed by atoms with E-state index in [1.54, 1.807) is 30.3 Å². The van der Waals surface area contributed by atoms with Crippen molar-refractivity contribution in [1.82, 2.24) is 15.1 Å². The minimum Gasteiger partial charge on any atom is -0.386 e. The molecule has 128 valence electrons. The lowest BCUT2D eigenvalue weighted by molar-refractivity contribution is 0.0954. The minimum absolute atomic E-state index is 0.0610. The molecule has 6 nitrogen and oxygen atoms in total. The van der Waals surface area contributed by atoms with Gasteiger partial charge in [0.2, 0.25) is 0 Å². The zero-order valence-electron chi connectivity index (χ0n) is 13.4. The van der Waals surface area contributed by atoms with Crippen molar-refractivity contribution < 1.29 is 14.3 Å². The number of hydrogen-bond acceptors (Lipinski definition) is 4. The summed E-state index contributed by atoms with van der Waals surface area (Å²) in [6, 6.07) is 12.4. The Balaban J connectivity index is 2.10. The van der Waals surface area contributed by atoms with Gasteiger partial charge in [0.15, 0.2) is 5.69 Å². The van der Waals surface area contributed by atoms with Crippen LogP contribution in [0.1, 0.15) is 22.2 Å². The second-order valence-electron chi connectivity index (χ2n) is 5.50. The predicted molar refractivity (Wildman–Crippen MR) is 90.8 cm³/mol. The van der Waals surface area contributed by atoms with Crippen LogP contribution in [-0.2, 0) is 6.54 Å². The van der Waals surface area contributed by atoms with Gasteiger partial charge in [-0.05, 0) is 12.1 Å². The number of carbonyl (C=O) groups is 1. The molecular weight excluding hydrogens is 325 g/mol. The number of amides is 1. The molecule has 0 spiro atoms. The Hall–Kier alpha value is -3.06. The molecule has 0 aliphatic carbocycles. The lowest BCUT2D eigenvalue weighted by atomic mass is 10.1. The lowest BCUT2D eigenvalue weighted by Crippen LogP contribution is -2.31. The molecule has 0 fully saturated rings.